The Hall–Kier alpha value is -1.44. The molecular weight excluding hydrogens is 328 g/mol. The first kappa shape index (κ1) is 18.9. The van der Waals surface area contributed by atoms with Crippen LogP contribution in [0.4, 0.5) is 0 Å². The van der Waals surface area contributed by atoms with Gasteiger partial charge in [-0.2, -0.15) is 17.0 Å². The lowest BCUT2D eigenvalue weighted by Gasteiger charge is -2.35. The van der Waals surface area contributed by atoms with Gasteiger partial charge in [0.1, 0.15) is 5.60 Å². The van der Waals surface area contributed by atoms with E-state index in [2.05, 4.69) is 0 Å². The molecule has 1 fully saturated rings. The van der Waals surface area contributed by atoms with Gasteiger partial charge in [0.2, 0.25) is 0 Å². The van der Waals surface area contributed by atoms with Crippen molar-refractivity contribution in [2.45, 2.75) is 38.7 Å². The van der Waals surface area contributed by atoms with Crippen LogP contribution in [-0.4, -0.2) is 55.8 Å². The van der Waals surface area contributed by atoms with Crippen molar-refractivity contribution in [1.29, 1.82) is 0 Å². The van der Waals surface area contributed by atoms with Crippen LogP contribution < -0.4 is 0 Å². The molecule has 134 valence electrons. The summed E-state index contributed by atoms with van der Waals surface area (Å²) in [6, 6.07) is 7.73. The van der Waals surface area contributed by atoms with Gasteiger partial charge in [-0.05, 0) is 31.9 Å². The van der Waals surface area contributed by atoms with Crippen molar-refractivity contribution in [1.82, 2.24) is 8.61 Å². The Morgan fingerprint density at radius 3 is 2.08 bits per heavy atom. The van der Waals surface area contributed by atoms with Gasteiger partial charge in [0, 0.05) is 33.1 Å². The molecule has 0 atom stereocenters. The maximum absolute atomic E-state index is 12.0. The summed E-state index contributed by atoms with van der Waals surface area (Å²) in [6.07, 6.45) is 0.233. The zero-order chi connectivity index (χ0) is 18.1. The Kier molecular flexibility index (Phi) is 5.37. The molecule has 1 heterocycles. The van der Waals surface area contributed by atoms with E-state index in [1.807, 2.05) is 45.0 Å². The third-order valence-corrected chi connectivity index (χ3v) is 5.84. The van der Waals surface area contributed by atoms with Crippen molar-refractivity contribution in [3.63, 3.8) is 0 Å². The number of hydrogen-bond donors (Lipinski definition) is 0. The molecule has 24 heavy (non-hydrogen) atoms. The Morgan fingerprint density at radius 1 is 1.12 bits per heavy atom. The van der Waals surface area contributed by atoms with Gasteiger partial charge in [0.15, 0.2) is 0 Å². The second-order valence-electron chi connectivity index (χ2n) is 7.27. The minimum Gasteiger partial charge on any atom is -0.460 e. The number of likely N-dealkylation sites (N-methyl/N-ethyl adjacent to an activating group) is 2. The summed E-state index contributed by atoms with van der Waals surface area (Å²) >= 11 is 0. The summed E-state index contributed by atoms with van der Waals surface area (Å²) in [7, 11) is -0.133. The highest BCUT2D eigenvalue weighted by atomic mass is 32.2. The van der Waals surface area contributed by atoms with E-state index in [1.54, 1.807) is 14.1 Å². The van der Waals surface area contributed by atoms with Crippen LogP contribution in [0.1, 0.15) is 37.8 Å². The molecule has 1 aromatic rings. The van der Waals surface area contributed by atoms with Crippen LogP contribution in [0.5, 0.6) is 0 Å². The summed E-state index contributed by atoms with van der Waals surface area (Å²) in [6.45, 7) is 6.45. The van der Waals surface area contributed by atoms with E-state index in [4.69, 9.17) is 4.74 Å². The zero-order valence-corrected chi connectivity index (χ0v) is 15.8. The van der Waals surface area contributed by atoms with Gasteiger partial charge in [0.05, 0.1) is 6.42 Å². The highest BCUT2D eigenvalue weighted by Gasteiger charge is 2.34. The molecule has 2 rings (SSSR count). The minimum atomic E-state index is -3.32. The molecule has 1 saturated heterocycles. The van der Waals surface area contributed by atoms with Crippen LogP contribution in [0.3, 0.4) is 0 Å². The lowest BCUT2D eigenvalue weighted by atomic mass is 9.97. The van der Waals surface area contributed by atoms with Gasteiger partial charge in [-0.3, -0.25) is 4.79 Å². The van der Waals surface area contributed by atoms with E-state index in [9.17, 15) is 13.2 Å². The van der Waals surface area contributed by atoms with E-state index in [0.717, 1.165) is 11.1 Å². The van der Waals surface area contributed by atoms with Gasteiger partial charge in [-0.1, -0.05) is 24.3 Å². The number of hydrogen-bond acceptors (Lipinski definition) is 4. The van der Waals surface area contributed by atoms with E-state index < -0.39 is 15.8 Å². The SMILES string of the molecule is CN1CC(c2ccc(CC(=O)OC(C)(C)C)cc2)CN(C)S1(=O)=O. The molecular formula is C17H26N2O4S. The predicted molar refractivity (Wildman–Crippen MR) is 92.9 cm³/mol. The standard InChI is InChI=1S/C17H26N2O4S/c1-17(2,3)23-16(20)10-13-6-8-14(9-7-13)15-11-18(4)24(21,22)19(5)12-15/h6-9,15H,10-12H2,1-5H3. The fourth-order valence-corrected chi connectivity index (χ4v) is 3.98. The number of ether oxygens (including phenoxy) is 1. The average molecular weight is 354 g/mol. The second kappa shape index (κ2) is 6.82. The van der Waals surface area contributed by atoms with Crippen molar-refractivity contribution < 1.29 is 17.9 Å². The number of carbonyl (C=O) groups is 1. The number of carbonyl (C=O) groups excluding carboxylic acids is 1. The van der Waals surface area contributed by atoms with Crippen LogP contribution in [-0.2, 0) is 26.2 Å². The summed E-state index contributed by atoms with van der Waals surface area (Å²) in [5.74, 6) is -0.141. The fraction of sp³-hybridized carbons (Fsp3) is 0.588. The molecule has 0 aliphatic carbocycles. The lowest BCUT2D eigenvalue weighted by Crippen LogP contribution is -2.49. The van der Waals surface area contributed by atoms with Crippen LogP contribution >= 0.6 is 0 Å². The molecule has 1 aliphatic rings. The summed E-state index contributed by atoms with van der Waals surface area (Å²) in [4.78, 5) is 11.9. The van der Waals surface area contributed by atoms with Crippen molar-refractivity contribution >= 4 is 16.2 Å². The van der Waals surface area contributed by atoms with Crippen molar-refractivity contribution in [3.8, 4) is 0 Å². The second-order valence-corrected chi connectivity index (χ2v) is 9.41. The third-order valence-electron chi connectivity index (χ3n) is 3.96. The quantitative estimate of drug-likeness (QED) is 0.776. The Morgan fingerprint density at radius 2 is 1.62 bits per heavy atom. The number of benzene rings is 1. The molecule has 0 bridgehead atoms. The van der Waals surface area contributed by atoms with Crippen LogP contribution in [0, 0.1) is 0 Å². The van der Waals surface area contributed by atoms with Crippen molar-refractivity contribution in [2.75, 3.05) is 27.2 Å². The average Bonchev–Trinajstić information content (AvgIpc) is 2.43. The smallest absolute Gasteiger partial charge is 0.310 e. The number of rotatable bonds is 3. The summed E-state index contributed by atoms with van der Waals surface area (Å²) in [5, 5.41) is 0. The van der Waals surface area contributed by atoms with Crippen LogP contribution in [0.15, 0.2) is 24.3 Å². The Labute approximate surface area is 144 Å². The van der Waals surface area contributed by atoms with Crippen molar-refractivity contribution in [3.05, 3.63) is 35.4 Å². The Balaban J connectivity index is 2.04. The van der Waals surface area contributed by atoms with Gasteiger partial charge in [0.25, 0.3) is 10.2 Å². The zero-order valence-electron chi connectivity index (χ0n) is 14.9. The fourth-order valence-electron chi connectivity index (χ4n) is 2.77. The molecule has 0 saturated carbocycles. The predicted octanol–water partition coefficient (Wildman–Crippen LogP) is 1.78. The van der Waals surface area contributed by atoms with Crippen LogP contribution in [0.2, 0.25) is 0 Å². The maximum atomic E-state index is 12.0. The molecule has 0 unspecified atom stereocenters. The maximum Gasteiger partial charge on any atom is 0.310 e. The molecule has 0 aromatic heterocycles. The van der Waals surface area contributed by atoms with Gasteiger partial charge >= 0.3 is 5.97 Å². The molecule has 0 spiro atoms. The highest BCUT2D eigenvalue weighted by Crippen LogP contribution is 2.26. The first-order valence-electron chi connectivity index (χ1n) is 7.97. The van der Waals surface area contributed by atoms with E-state index in [1.165, 1.54) is 8.61 Å². The molecule has 0 N–H and O–H groups in total. The molecule has 0 amide bonds. The molecule has 7 heteroatoms. The van der Waals surface area contributed by atoms with E-state index in [0.29, 0.717) is 13.1 Å². The molecule has 1 aliphatic heterocycles. The summed E-state index contributed by atoms with van der Waals surface area (Å²) < 4.78 is 32.0. The van der Waals surface area contributed by atoms with Gasteiger partial charge in [-0.25, -0.2) is 0 Å². The third kappa shape index (κ3) is 4.55. The molecule has 1 aromatic carbocycles. The monoisotopic (exact) mass is 354 g/mol. The topological polar surface area (TPSA) is 66.9 Å². The number of nitrogens with zero attached hydrogens (tertiary/aromatic N) is 2. The van der Waals surface area contributed by atoms with Gasteiger partial charge in [-0.15, -0.1) is 0 Å². The first-order valence-corrected chi connectivity index (χ1v) is 9.37. The first-order chi connectivity index (χ1) is 11.0. The molecule has 6 nitrogen and oxygen atoms in total. The normalized spacial score (nSPS) is 20.0. The highest BCUT2D eigenvalue weighted by molar-refractivity contribution is 7.86. The Bertz CT molecular complexity index is 674. The van der Waals surface area contributed by atoms with E-state index in [-0.39, 0.29) is 18.3 Å². The number of esters is 1. The van der Waals surface area contributed by atoms with Gasteiger partial charge < -0.3 is 4.74 Å². The molecule has 0 radical (unpaired) electrons. The minimum absolute atomic E-state index is 0.110. The summed E-state index contributed by atoms with van der Waals surface area (Å²) in [5.41, 5.74) is 1.47. The van der Waals surface area contributed by atoms with Crippen molar-refractivity contribution in [2.24, 2.45) is 0 Å². The van der Waals surface area contributed by atoms with E-state index >= 15 is 0 Å². The largest absolute Gasteiger partial charge is 0.460 e. The van der Waals surface area contributed by atoms with Crippen LogP contribution in [0.25, 0.3) is 0 Å². The lowest BCUT2D eigenvalue weighted by molar-refractivity contribution is -0.153.